The molecule has 0 aromatic heterocycles. The van der Waals surface area contributed by atoms with Crippen molar-refractivity contribution in [2.45, 2.75) is 51.4 Å². The van der Waals surface area contributed by atoms with E-state index in [1.54, 1.807) is 7.05 Å². The summed E-state index contributed by atoms with van der Waals surface area (Å²) in [5.41, 5.74) is 1.32. The molecule has 0 amide bonds. The molecule has 0 aliphatic carbocycles. The number of benzene rings is 1. The molecule has 1 atom stereocenters. The summed E-state index contributed by atoms with van der Waals surface area (Å²) in [6.45, 7) is 9.70. The normalized spacial score (nSPS) is 25.3. The summed E-state index contributed by atoms with van der Waals surface area (Å²) in [6, 6.07) is 8.17. The molecule has 6 nitrogen and oxygen atoms in total. The van der Waals surface area contributed by atoms with Crippen LogP contribution in [0.1, 0.15) is 34.1 Å². The first-order valence-corrected chi connectivity index (χ1v) is 10.9. The van der Waals surface area contributed by atoms with Crippen molar-refractivity contribution < 1.29 is 17.7 Å². The summed E-state index contributed by atoms with van der Waals surface area (Å²) < 4.78 is 37.3. The Balaban J connectivity index is 1.75. The highest BCUT2D eigenvalue weighted by molar-refractivity contribution is 7.88. The van der Waals surface area contributed by atoms with Gasteiger partial charge in [0.2, 0.25) is 10.0 Å². The van der Waals surface area contributed by atoms with Crippen LogP contribution in [-0.4, -0.2) is 63.5 Å². The molecular weight excluding hydrogens is 351 g/mol. The smallest absolute Gasteiger partial charge is 0.399 e. The molecule has 0 unspecified atom stereocenters. The monoisotopic (exact) mass is 380 g/mol. The van der Waals surface area contributed by atoms with Gasteiger partial charge in [-0.1, -0.05) is 12.1 Å². The van der Waals surface area contributed by atoms with Crippen molar-refractivity contribution in [2.75, 3.05) is 31.3 Å². The Morgan fingerprint density at radius 3 is 2.38 bits per heavy atom. The lowest BCUT2D eigenvalue weighted by atomic mass is 9.79. The van der Waals surface area contributed by atoms with E-state index in [0.717, 1.165) is 24.1 Å². The van der Waals surface area contributed by atoms with Crippen LogP contribution in [0.2, 0.25) is 0 Å². The highest BCUT2D eigenvalue weighted by atomic mass is 32.2. The van der Waals surface area contributed by atoms with E-state index < -0.39 is 17.1 Å². The molecule has 2 aliphatic rings. The number of anilines is 1. The highest BCUT2D eigenvalue weighted by Gasteiger charge is 2.51. The number of hydrogen-bond donors (Lipinski definition) is 0. The van der Waals surface area contributed by atoms with Gasteiger partial charge in [0.15, 0.2) is 0 Å². The highest BCUT2D eigenvalue weighted by Crippen LogP contribution is 2.36. The van der Waals surface area contributed by atoms with Gasteiger partial charge in [-0.3, -0.25) is 0 Å². The van der Waals surface area contributed by atoms with Crippen molar-refractivity contribution in [2.24, 2.45) is 0 Å². The Morgan fingerprint density at radius 2 is 1.81 bits per heavy atom. The van der Waals surface area contributed by atoms with Gasteiger partial charge < -0.3 is 14.2 Å². The van der Waals surface area contributed by atoms with Crippen molar-refractivity contribution >= 4 is 28.3 Å². The van der Waals surface area contributed by atoms with Gasteiger partial charge in [0.05, 0.1) is 17.5 Å². The van der Waals surface area contributed by atoms with Crippen molar-refractivity contribution in [3.05, 3.63) is 24.3 Å². The van der Waals surface area contributed by atoms with Gasteiger partial charge in [0.25, 0.3) is 0 Å². The molecule has 1 aromatic carbocycles. The molecule has 3 rings (SSSR count). The van der Waals surface area contributed by atoms with Crippen LogP contribution in [0.3, 0.4) is 0 Å². The number of rotatable bonds is 4. The fourth-order valence-corrected chi connectivity index (χ4v) is 4.10. The number of sulfonamides is 1. The Hall–Kier alpha value is -1.09. The zero-order chi connectivity index (χ0) is 19.3. The molecular formula is C18H29BN2O4S. The summed E-state index contributed by atoms with van der Waals surface area (Å²) in [7, 11) is -1.91. The summed E-state index contributed by atoms with van der Waals surface area (Å²) >= 11 is 0. The van der Waals surface area contributed by atoms with Gasteiger partial charge in [-0.15, -0.1) is 0 Å². The maximum absolute atomic E-state index is 11.8. The van der Waals surface area contributed by atoms with Gasteiger partial charge in [0.1, 0.15) is 0 Å². The van der Waals surface area contributed by atoms with Crippen LogP contribution in [0.5, 0.6) is 0 Å². The Bertz CT molecular complexity index is 765. The van der Waals surface area contributed by atoms with Crippen molar-refractivity contribution in [3.8, 4) is 0 Å². The van der Waals surface area contributed by atoms with Gasteiger partial charge in [-0.25, -0.2) is 12.7 Å². The van der Waals surface area contributed by atoms with E-state index in [2.05, 4.69) is 17.0 Å². The fourth-order valence-electron chi connectivity index (χ4n) is 3.39. The number of hydrogen-bond acceptors (Lipinski definition) is 5. The molecule has 0 bridgehead atoms. The average Bonchev–Trinajstić information content (AvgIpc) is 3.09. The predicted molar refractivity (Wildman–Crippen MR) is 105 cm³/mol. The van der Waals surface area contributed by atoms with Gasteiger partial charge in [-0.2, -0.15) is 0 Å². The second kappa shape index (κ2) is 6.51. The molecule has 2 heterocycles. The van der Waals surface area contributed by atoms with Crippen molar-refractivity contribution in [1.29, 1.82) is 0 Å². The van der Waals surface area contributed by atoms with E-state index in [1.165, 1.54) is 10.6 Å². The van der Waals surface area contributed by atoms with Gasteiger partial charge >= 0.3 is 7.12 Å². The molecule has 1 aromatic rings. The SMILES string of the molecule is CN([C@@H]1CCN(c2cccc(B3OC(C)(C)C(C)(C)O3)c2)C1)S(C)(=O)=O. The molecule has 26 heavy (non-hydrogen) atoms. The predicted octanol–water partition coefficient (Wildman–Crippen LogP) is 1.46. The first-order chi connectivity index (χ1) is 11.9. The molecule has 0 N–H and O–H groups in total. The summed E-state index contributed by atoms with van der Waals surface area (Å²) in [5, 5.41) is 0. The third-order valence-corrected chi connectivity index (χ3v) is 7.31. The third kappa shape index (κ3) is 3.65. The summed E-state index contributed by atoms with van der Waals surface area (Å²) in [5.74, 6) is 0. The second-order valence-corrected chi connectivity index (χ2v) is 10.4. The zero-order valence-corrected chi connectivity index (χ0v) is 17.3. The van der Waals surface area contributed by atoms with Crippen molar-refractivity contribution in [3.63, 3.8) is 0 Å². The second-order valence-electron chi connectivity index (χ2n) is 8.35. The summed E-state index contributed by atoms with van der Waals surface area (Å²) in [6.07, 6.45) is 2.08. The van der Waals surface area contributed by atoms with E-state index in [0.29, 0.717) is 6.54 Å². The van der Waals surface area contributed by atoms with Crippen LogP contribution in [0.25, 0.3) is 0 Å². The Morgan fingerprint density at radius 1 is 1.19 bits per heavy atom. The molecule has 8 heteroatoms. The Kier molecular flexibility index (Phi) is 4.93. The molecule has 0 spiro atoms. The first-order valence-electron chi connectivity index (χ1n) is 9.04. The van der Waals surface area contributed by atoms with Crippen LogP contribution < -0.4 is 10.4 Å². The van der Waals surface area contributed by atoms with Crippen LogP contribution >= 0.6 is 0 Å². The van der Waals surface area contributed by atoms with Crippen molar-refractivity contribution in [1.82, 2.24) is 4.31 Å². The van der Waals surface area contributed by atoms with E-state index >= 15 is 0 Å². The van der Waals surface area contributed by atoms with Crippen LogP contribution in [0.4, 0.5) is 5.69 Å². The number of nitrogens with zero attached hydrogens (tertiary/aromatic N) is 2. The van der Waals surface area contributed by atoms with E-state index in [1.807, 2.05) is 39.8 Å². The topological polar surface area (TPSA) is 59.1 Å². The fraction of sp³-hybridized carbons (Fsp3) is 0.667. The molecule has 2 fully saturated rings. The molecule has 2 aliphatic heterocycles. The maximum Gasteiger partial charge on any atom is 0.494 e. The molecule has 0 radical (unpaired) electrons. The number of likely N-dealkylation sites (N-methyl/N-ethyl adjacent to an activating group) is 1. The molecule has 2 saturated heterocycles. The van der Waals surface area contributed by atoms with E-state index in [-0.39, 0.29) is 17.2 Å². The van der Waals surface area contributed by atoms with E-state index in [4.69, 9.17) is 9.31 Å². The molecule has 144 valence electrons. The first kappa shape index (κ1) is 19.7. The quantitative estimate of drug-likeness (QED) is 0.741. The standard InChI is InChI=1S/C18H29BN2O4S/c1-17(2)18(3,4)25-19(24-17)14-8-7-9-15(12-14)21-11-10-16(13-21)20(5)26(6,22)23/h7-9,12,16H,10-11,13H2,1-6H3/t16-/m1/s1. The lowest BCUT2D eigenvalue weighted by molar-refractivity contribution is 0.00578. The van der Waals surface area contributed by atoms with Crippen LogP contribution in [0, 0.1) is 0 Å². The third-order valence-electron chi connectivity index (χ3n) is 5.96. The largest absolute Gasteiger partial charge is 0.494 e. The van der Waals surface area contributed by atoms with E-state index in [9.17, 15) is 8.42 Å². The lowest BCUT2D eigenvalue weighted by Gasteiger charge is -2.32. The minimum absolute atomic E-state index is 0.00510. The average molecular weight is 380 g/mol. The van der Waals surface area contributed by atoms with Gasteiger partial charge in [-0.05, 0) is 51.7 Å². The molecule has 0 saturated carbocycles. The lowest BCUT2D eigenvalue weighted by Crippen LogP contribution is -2.41. The summed E-state index contributed by atoms with van der Waals surface area (Å²) in [4.78, 5) is 2.22. The minimum atomic E-state index is -3.17. The van der Waals surface area contributed by atoms with Crippen LogP contribution in [-0.2, 0) is 19.3 Å². The van der Waals surface area contributed by atoms with Crippen LogP contribution in [0.15, 0.2) is 24.3 Å². The Labute approximate surface area is 157 Å². The maximum atomic E-state index is 11.8. The minimum Gasteiger partial charge on any atom is -0.399 e. The van der Waals surface area contributed by atoms with Gasteiger partial charge in [0, 0.05) is 31.9 Å². The zero-order valence-electron chi connectivity index (χ0n) is 16.5.